The third-order valence-corrected chi connectivity index (χ3v) is 5.32. The Morgan fingerprint density at radius 2 is 2.00 bits per heavy atom. The quantitative estimate of drug-likeness (QED) is 0.810. The van der Waals surface area contributed by atoms with Crippen molar-refractivity contribution >= 4 is 17.5 Å². The Morgan fingerprint density at radius 3 is 2.74 bits per heavy atom. The number of hydrogen-bond acceptors (Lipinski definition) is 3. The van der Waals surface area contributed by atoms with E-state index >= 15 is 0 Å². The molecule has 0 radical (unpaired) electrons. The first-order chi connectivity index (χ1) is 11.1. The molecule has 1 heterocycles. The summed E-state index contributed by atoms with van der Waals surface area (Å²) >= 11 is 6.21. The Hall–Kier alpha value is -1.10. The summed E-state index contributed by atoms with van der Waals surface area (Å²) in [5, 5.41) is 3.87. The SMILES string of the molecule is CN1CCN(CCCNC(=O)C2CC2c2ccccc2Cl)CC1. The number of nitrogens with zero attached hydrogens (tertiary/aromatic N) is 2. The Bertz CT molecular complexity index is 543. The Kier molecular flexibility index (Phi) is 5.57. The van der Waals surface area contributed by atoms with Crippen molar-refractivity contribution in [2.75, 3.05) is 46.3 Å². The average Bonchev–Trinajstić information content (AvgIpc) is 3.34. The molecule has 0 aromatic heterocycles. The predicted octanol–water partition coefficient (Wildman–Crippen LogP) is 2.20. The number of nitrogens with one attached hydrogen (secondary N) is 1. The van der Waals surface area contributed by atoms with Crippen molar-refractivity contribution in [1.82, 2.24) is 15.1 Å². The highest BCUT2D eigenvalue weighted by Crippen LogP contribution is 2.49. The maximum absolute atomic E-state index is 12.2. The summed E-state index contributed by atoms with van der Waals surface area (Å²) in [6.07, 6.45) is 1.95. The molecule has 1 aromatic carbocycles. The first-order valence-corrected chi connectivity index (χ1v) is 8.96. The van der Waals surface area contributed by atoms with E-state index in [9.17, 15) is 4.79 Å². The first kappa shape index (κ1) is 16.7. The number of amides is 1. The van der Waals surface area contributed by atoms with Gasteiger partial charge >= 0.3 is 0 Å². The van der Waals surface area contributed by atoms with E-state index in [4.69, 9.17) is 11.6 Å². The zero-order chi connectivity index (χ0) is 16.2. The van der Waals surface area contributed by atoms with Crippen LogP contribution in [-0.2, 0) is 4.79 Å². The fourth-order valence-corrected chi connectivity index (χ4v) is 3.60. The van der Waals surface area contributed by atoms with Crippen LogP contribution in [0.3, 0.4) is 0 Å². The molecule has 1 saturated heterocycles. The molecule has 3 rings (SSSR count). The largest absolute Gasteiger partial charge is 0.356 e. The van der Waals surface area contributed by atoms with Gasteiger partial charge in [0.05, 0.1) is 0 Å². The third-order valence-electron chi connectivity index (χ3n) is 4.98. The van der Waals surface area contributed by atoms with Crippen LogP contribution in [0.5, 0.6) is 0 Å². The summed E-state index contributed by atoms with van der Waals surface area (Å²) in [6, 6.07) is 7.86. The van der Waals surface area contributed by atoms with Crippen molar-refractivity contribution < 1.29 is 4.79 Å². The molecule has 23 heavy (non-hydrogen) atoms. The zero-order valence-corrected chi connectivity index (χ0v) is 14.6. The number of benzene rings is 1. The fourth-order valence-electron chi connectivity index (χ4n) is 3.32. The molecule has 1 aliphatic carbocycles. The van der Waals surface area contributed by atoms with E-state index < -0.39 is 0 Å². The molecular weight excluding hydrogens is 310 g/mol. The first-order valence-electron chi connectivity index (χ1n) is 8.58. The highest BCUT2D eigenvalue weighted by molar-refractivity contribution is 6.31. The lowest BCUT2D eigenvalue weighted by molar-refractivity contribution is -0.122. The molecule has 0 bridgehead atoms. The van der Waals surface area contributed by atoms with Gasteiger partial charge in [-0.3, -0.25) is 4.79 Å². The van der Waals surface area contributed by atoms with Gasteiger partial charge < -0.3 is 15.1 Å². The van der Waals surface area contributed by atoms with Crippen molar-refractivity contribution in [3.05, 3.63) is 34.9 Å². The van der Waals surface area contributed by atoms with Gasteiger partial charge in [0.15, 0.2) is 0 Å². The number of carbonyl (C=O) groups excluding carboxylic acids is 1. The van der Waals surface area contributed by atoms with Gasteiger partial charge in [0.25, 0.3) is 0 Å². The maximum atomic E-state index is 12.2. The number of carbonyl (C=O) groups is 1. The molecule has 1 aliphatic heterocycles. The van der Waals surface area contributed by atoms with Crippen LogP contribution in [0.2, 0.25) is 5.02 Å². The van der Waals surface area contributed by atoms with E-state index in [2.05, 4.69) is 22.2 Å². The summed E-state index contributed by atoms with van der Waals surface area (Å²) in [5.41, 5.74) is 1.12. The zero-order valence-electron chi connectivity index (χ0n) is 13.8. The van der Waals surface area contributed by atoms with Gasteiger partial charge in [0.2, 0.25) is 5.91 Å². The van der Waals surface area contributed by atoms with Gasteiger partial charge in [0.1, 0.15) is 0 Å². The van der Waals surface area contributed by atoms with Crippen molar-refractivity contribution in [3.63, 3.8) is 0 Å². The summed E-state index contributed by atoms with van der Waals surface area (Å²) < 4.78 is 0. The molecule has 2 unspecified atom stereocenters. The van der Waals surface area contributed by atoms with Crippen molar-refractivity contribution in [3.8, 4) is 0 Å². The van der Waals surface area contributed by atoms with Crippen molar-refractivity contribution in [1.29, 1.82) is 0 Å². The van der Waals surface area contributed by atoms with Crippen molar-refractivity contribution in [2.45, 2.75) is 18.8 Å². The van der Waals surface area contributed by atoms with Gasteiger partial charge in [-0.15, -0.1) is 0 Å². The van der Waals surface area contributed by atoms with E-state index in [0.29, 0.717) is 5.92 Å². The van der Waals surface area contributed by atoms with Crippen molar-refractivity contribution in [2.24, 2.45) is 5.92 Å². The molecule has 0 spiro atoms. The second-order valence-corrected chi connectivity index (χ2v) is 7.17. The summed E-state index contributed by atoms with van der Waals surface area (Å²) in [6.45, 7) is 6.43. The minimum atomic E-state index is 0.110. The standard InChI is InChI=1S/C18H26ClN3O/c1-21-9-11-22(12-10-21)8-4-7-20-18(23)16-13-15(16)14-5-2-3-6-17(14)19/h2-3,5-6,15-16H,4,7-13H2,1H3,(H,20,23). The van der Waals surface area contributed by atoms with Crippen LogP contribution in [0.1, 0.15) is 24.3 Å². The van der Waals surface area contributed by atoms with E-state index in [0.717, 1.165) is 62.7 Å². The Morgan fingerprint density at radius 1 is 1.26 bits per heavy atom. The van der Waals surface area contributed by atoms with Crippen LogP contribution in [0, 0.1) is 5.92 Å². The highest BCUT2D eigenvalue weighted by atomic mass is 35.5. The van der Waals surface area contributed by atoms with Gasteiger partial charge in [0, 0.05) is 43.7 Å². The Labute approximate surface area is 143 Å². The molecule has 2 fully saturated rings. The van der Waals surface area contributed by atoms with Gasteiger partial charge in [-0.05, 0) is 44.0 Å². The monoisotopic (exact) mass is 335 g/mol. The maximum Gasteiger partial charge on any atom is 0.223 e. The van der Waals surface area contributed by atoms with Gasteiger partial charge in [-0.2, -0.15) is 0 Å². The second-order valence-electron chi connectivity index (χ2n) is 6.76. The molecule has 5 heteroatoms. The second kappa shape index (κ2) is 7.65. The summed E-state index contributed by atoms with van der Waals surface area (Å²) in [7, 11) is 2.17. The highest BCUT2D eigenvalue weighted by Gasteiger charge is 2.44. The van der Waals surface area contributed by atoms with E-state index in [1.165, 1.54) is 0 Å². The molecule has 1 N–H and O–H groups in total. The molecule has 126 valence electrons. The average molecular weight is 336 g/mol. The van der Waals surface area contributed by atoms with Crippen LogP contribution in [0.15, 0.2) is 24.3 Å². The van der Waals surface area contributed by atoms with E-state index in [1.807, 2.05) is 24.3 Å². The van der Waals surface area contributed by atoms with Crippen LogP contribution in [0.25, 0.3) is 0 Å². The van der Waals surface area contributed by atoms with Gasteiger partial charge in [-0.25, -0.2) is 0 Å². The number of halogens is 1. The minimum Gasteiger partial charge on any atom is -0.356 e. The number of likely N-dealkylation sites (N-methyl/N-ethyl adjacent to an activating group) is 1. The van der Waals surface area contributed by atoms with Crippen LogP contribution >= 0.6 is 11.6 Å². The molecule has 1 amide bonds. The van der Waals surface area contributed by atoms with Crippen LogP contribution in [0.4, 0.5) is 0 Å². The van der Waals surface area contributed by atoms with Crippen LogP contribution < -0.4 is 5.32 Å². The summed E-state index contributed by atoms with van der Waals surface area (Å²) in [5.74, 6) is 0.605. The van der Waals surface area contributed by atoms with E-state index in [-0.39, 0.29) is 11.8 Å². The topological polar surface area (TPSA) is 35.6 Å². The smallest absolute Gasteiger partial charge is 0.223 e. The molecule has 4 nitrogen and oxygen atoms in total. The molecule has 2 atom stereocenters. The molecule has 1 aromatic rings. The third kappa shape index (κ3) is 4.46. The number of rotatable bonds is 6. The lowest BCUT2D eigenvalue weighted by Gasteiger charge is -2.32. The summed E-state index contributed by atoms with van der Waals surface area (Å²) in [4.78, 5) is 17.1. The lowest BCUT2D eigenvalue weighted by atomic mass is 10.1. The molecular formula is C18H26ClN3O. The number of piperazine rings is 1. The van der Waals surface area contributed by atoms with Gasteiger partial charge in [-0.1, -0.05) is 29.8 Å². The molecule has 2 aliphatic rings. The lowest BCUT2D eigenvalue weighted by Crippen LogP contribution is -2.45. The predicted molar refractivity (Wildman–Crippen MR) is 93.9 cm³/mol. The normalized spacial score (nSPS) is 25.3. The molecule has 1 saturated carbocycles. The van der Waals surface area contributed by atoms with E-state index in [1.54, 1.807) is 0 Å². The fraction of sp³-hybridized carbons (Fsp3) is 0.611. The minimum absolute atomic E-state index is 0.110. The Balaban J connectivity index is 1.34. The number of hydrogen-bond donors (Lipinski definition) is 1. The van der Waals surface area contributed by atoms with Crippen LogP contribution in [-0.4, -0.2) is 62.0 Å².